The predicted octanol–water partition coefficient (Wildman–Crippen LogP) is 7.95. The molecule has 0 aliphatic heterocycles. The van der Waals surface area contributed by atoms with Crippen LogP contribution in [0.2, 0.25) is 0 Å². The first-order valence-electron chi connectivity index (χ1n) is 10.5. The predicted molar refractivity (Wildman–Crippen MR) is 112 cm³/mol. The lowest BCUT2D eigenvalue weighted by atomic mass is 10.0. The standard InChI is InChI=1S/C16H17F6NOS.C6H14/c1-8-4-3-5-11(8)23-14(24)13-10(16(20,21)22)6-9(15(17,18)19)7-12(13)25-2;1-3-5-6-4-2/h6-8,11H,3-5H2,1-2H3,(H,23,24);3-6H2,1-2H3/t8-,11?;/m1./s1. The Hall–Kier alpha value is -1.38. The van der Waals surface area contributed by atoms with E-state index in [0.717, 1.165) is 12.8 Å². The van der Waals surface area contributed by atoms with E-state index in [1.54, 1.807) is 0 Å². The Morgan fingerprint density at radius 1 is 1.03 bits per heavy atom. The van der Waals surface area contributed by atoms with Gasteiger partial charge in [-0.05, 0) is 37.1 Å². The van der Waals surface area contributed by atoms with E-state index >= 15 is 0 Å². The lowest BCUT2D eigenvalue weighted by Gasteiger charge is -2.22. The molecule has 1 aromatic rings. The van der Waals surface area contributed by atoms with Crippen LogP contribution in [0.15, 0.2) is 17.0 Å². The average molecular weight is 472 g/mol. The highest BCUT2D eigenvalue weighted by Gasteiger charge is 2.41. The molecule has 1 unspecified atom stereocenters. The molecule has 1 aliphatic rings. The smallest absolute Gasteiger partial charge is 0.349 e. The maximum absolute atomic E-state index is 13.3. The van der Waals surface area contributed by atoms with Crippen molar-refractivity contribution in [2.24, 2.45) is 5.92 Å². The minimum absolute atomic E-state index is 0.00666. The zero-order chi connectivity index (χ0) is 23.8. The van der Waals surface area contributed by atoms with Crippen molar-refractivity contribution in [1.82, 2.24) is 5.32 Å². The molecule has 1 aliphatic carbocycles. The summed E-state index contributed by atoms with van der Waals surface area (Å²) < 4.78 is 78.7. The third kappa shape index (κ3) is 8.24. The van der Waals surface area contributed by atoms with Crippen LogP contribution in [-0.2, 0) is 12.4 Å². The van der Waals surface area contributed by atoms with Gasteiger partial charge >= 0.3 is 12.4 Å². The zero-order valence-electron chi connectivity index (χ0n) is 18.3. The van der Waals surface area contributed by atoms with Crippen LogP contribution >= 0.6 is 11.8 Å². The Kier molecular flexibility index (Phi) is 10.7. The molecule has 1 aromatic carbocycles. The van der Waals surface area contributed by atoms with E-state index in [-0.39, 0.29) is 22.9 Å². The Labute approximate surface area is 184 Å². The summed E-state index contributed by atoms with van der Waals surface area (Å²) in [6.45, 7) is 6.34. The molecule has 0 radical (unpaired) electrons. The van der Waals surface area contributed by atoms with E-state index < -0.39 is 35.0 Å². The van der Waals surface area contributed by atoms with Gasteiger partial charge in [-0.2, -0.15) is 26.3 Å². The SMILES string of the molecule is CCCCCC.CSc1cc(C(F)(F)F)cc(C(F)(F)F)c1C(=O)NC1CCC[C@H]1C. The molecule has 2 nitrogen and oxygen atoms in total. The molecule has 1 saturated carbocycles. The highest BCUT2D eigenvalue weighted by Crippen LogP contribution is 2.41. The number of nitrogens with one attached hydrogen (secondary N) is 1. The van der Waals surface area contributed by atoms with Crippen molar-refractivity contribution in [2.75, 3.05) is 6.26 Å². The molecule has 0 aromatic heterocycles. The highest BCUT2D eigenvalue weighted by molar-refractivity contribution is 7.98. The van der Waals surface area contributed by atoms with Crippen molar-refractivity contribution < 1.29 is 31.1 Å². The summed E-state index contributed by atoms with van der Waals surface area (Å²) in [6.07, 6.45) is -0.790. The van der Waals surface area contributed by atoms with Crippen LogP contribution in [0.3, 0.4) is 0 Å². The van der Waals surface area contributed by atoms with Gasteiger partial charge in [-0.3, -0.25) is 4.79 Å². The van der Waals surface area contributed by atoms with Crippen LogP contribution in [0.1, 0.15) is 87.2 Å². The molecule has 1 N–H and O–H groups in total. The summed E-state index contributed by atoms with van der Waals surface area (Å²) in [5.74, 6) is -0.866. The zero-order valence-corrected chi connectivity index (χ0v) is 19.2. The third-order valence-corrected chi connectivity index (χ3v) is 6.08. The van der Waals surface area contributed by atoms with Gasteiger partial charge in [-0.25, -0.2) is 0 Å². The summed E-state index contributed by atoms with van der Waals surface area (Å²) >= 11 is 0.682. The van der Waals surface area contributed by atoms with Gasteiger partial charge in [0.1, 0.15) is 0 Å². The number of amides is 1. The number of rotatable bonds is 6. The van der Waals surface area contributed by atoms with E-state index in [2.05, 4.69) is 19.2 Å². The fraction of sp³-hybridized carbons (Fsp3) is 0.682. The molecule has 2 atom stereocenters. The van der Waals surface area contributed by atoms with E-state index in [0.29, 0.717) is 24.2 Å². The van der Waals surface area contributed by atoms with Crippen LogP contribution in [0.25, 0.3) is 0 Å². The van der Waals surface area contributed by atoms with Gasteiger partial charge < -0.3 is 5.32 Å². The summed E-state index contributed by atoms with van der Waals surface area (Å²) in [5, 5.41) is 2.56. The number of hydrogen-bond donors (Lipinski definition) is 1. The number of halogens is 6. The van der Waals surface area contributed by atoms with E-state index in [1.165, 1.54) is 31.9 Å². The third-order valence-electron chi connectivity index (χ3n) is 5.32. The molecule has 0 spiro atoms. The first-order chi connectivity index (χ1) is 14.4. The molecule has 9 heteroatoms. The van der Waals surface area contributed by atoms with Crippen LogP contribution in [-0.4, -0.2) is 18.2 Å². The van der Waals surface area contributed by atoms with Gasteiger partial charge in [0.2, 0.25) is 0 Å². The minimum Gasteiger partial charge on any atom is -0.349 e. The van der Waals surface area contributed by atoms with E-state index in [1.807, 2.05) is 6.92 Å². The molecule has 2 rings (SSSR count). The summed E-state index contributed by atoms with van der Waals surface area (Å²) in [7, 11) is 0. The van der Waals surface area contributed by atoms with Gasteiger partial charge in [0.05, 0.1) is 16.7 Å². The largest absolute Gasteiger partial charge is 0.417 e. The van der Waals surface area contributed by atoms with E-state index in [4.69, 9.17) is 0 Å². The second kappa shape index (κ2) is 12.0. The number of alkyl halides is 6. The topological polar surface area (TPSA) is 29.1 Å². The monoisotopic (exact) mass is 471 g/mol. The van der Waals surface area contributed by atoms with Crippen LogP contribution in [0, 0.1) is 5.92 Å². The first kappa shape index (κ1) is 27.7. The summed E-state index contributed by atoms with van der Waals surface area (Å²) in [6, 6.07) is 0.324. The fourth-order valence-corrected chi connectivity index (χ4v) is 4.15. The molecular formula is C22H31F6NOS. The van der Waals surface area contributed by atoms with Gasteiger partial charge in [0, 0.05) is 10.9 Å². The number of carbonyl (C=O) groups excluding carboxylic acids is 1. The summed E-state index contributed by atoms with van der Waals surface area (Å²) in [5.41, 5.74) is -3.73. The summed E-state index contributed by atoms with van der Waals surface area (Å²) in [4.78, 5) is 12.1. The minimum atomic E-state index is -5.07. The van der Waals surface area contributed by atoms with Crippen molar-refractivity contribution in [3.63, 3.8) is 0 Å². The molecule has 1 fully saturated rings. The van der Waals surface area contributed by atoms with Crippen molar-refractivity contribution in [1.29, 1.82) is 0 Å². The fourth-order valence-electron chi connectivity index (χ4n) is 3.50. The van der Waals surface area contributed by atoms with Gasteiger partial charge in [-0.1, -0.05) is 52.9 Å². The number of unbranched alkanes of at least 4 members (excludes halogenated alkanes) is 3. The van der Waals surface area contributed by atoms with E-state index in [9.17, 15) is 31.1 Å². The lowest BCUT2D eigenvalue weighted by molar-refractivity contribution is -0.143. The number of carbonyl (C=O) groups is 1. The van der Waals surface area contributed by atoms with Crippen LogP contribution < -0.4 is 5.32 Å². The van der Waals surface area contributed by atoms with Gasteiger partial charge in [0.15, 0.2) is 0 Å². The normalized spacial score (nSPS) is 19.0. The van der Waals surface area contributed by atoms with Gasteiger partial charge in [-0.15, -0.1) is 11.8 Å². The Morgan fingerprint density at radius 2 is 1.61 bits per heavy atom. The quantitative estimate of drug-likeness (QED) is 0.259. The highest BCUT2D eigenvalue weighted by atomic mass is 32.2. The maximum atomic E-state index is 13.3. The number of benzene rings is 1. The Bertz CT molecular complexity index is 713. The number of hydrogen-bond acceptors (Lipinski definition) is 2. The van der Waals surface area contributed by atoms with Crippen molar-refractivity contribution in [3.05, 3.63) is 28.8 Å². The molecule has 0 bridgehead atoms. The van der Waals surface area contributed by atoms with Crippen LogP contribution in [0.4, 0.5) is 26.3 Å². The van der Waals surface area contributed by atoms with Crippen LogP contribution in [0.5, 0.6) is 0 Å². The molecule has 0 saturated heterocycles. The maximum Gasteiger partial charge on any atom is 0.417 e. The Balaban J connectivity index is 0.000000703. The van der Waals surface area contributed by atoms with Crippen molar-refractivity contribution in [3.8, 4) is 0 Å². The molecule has 0 heterocycles. The molecular weight excluding hydrogens is 440 g/mol. The molecule has 31 heavy (non-hydrogen) atoms. The lowest BCUT2D eigenvalue weighted by Crippen LogP contribution is -2.37. The molecule has 1 amide bonds. The van der Waals surface area contributed by atoms with Crippen molar-refractivity contribution >= 4 is 17.7 Å². The number of thioether (sulfide) groups is 1. The second-order valence-corrected chi connectivity index (χ2v) is 8.64. The van der Waals surface area contributed by atoms with Gasteiger partial charge in [0.25, 0.3) is 5.91 Å². The first-order valence-corrected chi connectivity index (χ1v) is 11.8. The Morgan fingerprint density at radius 3 is 2.00 bits per heavy atom. The van der Waals surface area contributed by atoms with Crippen molar-refractivity contribution in [2.45, 2.75) is 89.0 Å². The average Bonchev–Trinajstić information content (AvgIpc) is 3.08. The molecule has 178 valence electrons. The second-order valence-electron chi connectivity index (χ2n) is 7.79.